The van der Waals surface area contributed by atoms with E-state index in [1.807, 2.05) is 40.7 Å². The van der Waals surface area contributed by atoms with Crippen molar-refractivity contribution < 1.29 is 9.53 Å². The smallest absolute Gasteiger partial charge is 0.251 e. The number of anilines is 1. The van der Waals surface area contributed by atoms with Gasteiger partial charge in [-0.25, -0.2) is 4.98 Å². The summed E-state index contributed by atoms with van der Waals surface area (Å²) in [5, 5.41) is 6.08. The van der Waals surface area contributed by atoms with Crippen molar-refractivity contribution in [2.24, 2.45) is 0 Å². The minimum Gasteiger partial charge on any atom is -0.374 e. The van der Waals surface area contributed by atoms with Crippen molar-refractivity contribution in [2.45, 2.75) is 46.6 Å². The van der Waals surface area contributed by atoms with Gasteiger partial charge in [-0.3, -0.25) is 4.79 Å². The third-order valence-corrected chi connectivity index (χ3v) is 3.07. The fraction of sp³-hybridized carbons (Fsp3) is 0.625. The van der Waals surface area contributed by atoms with Crippen LogP contribution in [0, 0.1) is 0 Å². The lowest BCUT2D eigenvalue weighted by molar-refractivity contribution is -0.00815. The number of nitrogens with zero attached hydrogens (tertiary/aromatic N) is 1. The van der Waals surface area contributed by atoms with Crippen molar-refractivity contribution in [1.29, 1.82) is 0 Å². The average Bonchev–Trinajstić information content (AvgIpc) is 2.44. The Kier molecular flexibility index (Phi) is 6.62. The molecule has 0 aliphatic rings. The molecule has 0 saturated carbocycles. The van der Waals surface area contributed by atoms with Gasteiger partial charge in [0.05, 0.1) is 5.60 Å². The van der Waals surface area contributed by atoms with Crippen LogP contribution in [0.25, 0.3) is 0 Å². The first-order valence-electron chi connectivity index (χ1n) is 7.58. The van der Waals surface area contributed by atoms with Crippen LogP contribution in [0.3, 0.4) is 0 Å². The number of carbonyl (C=O) groups excluding carboxylic acids is 1. The first-order chi connectivity index (χ1) is 9.91. The molecule has 0 fully saturated rings. The normalized spacial score (nSPS) is 11.3. The number of nitrogens with one attached hydrogen (secondary N) is 2. The van der Waals surface area contributed by atoms with E-state index in [-0.39, 0.29) is 11.5 Å². The molecule has 1 aromatic heterocycles. The molecule has 21 heavy (non-hydrogen) atoms. The molecule has 1 rings (SSSR count). The summed E-state index contributed by atoms with van der Waals surface area (Å²) in [6, 6.07) is 3.62. The molecule has 2 N–H and O–H groups in total. The molecule has 0 aliphatic carbocycles. The van der Waals surface area contributed by atoms with Crippen molar-refractivity contribution in [3.8, 4) is 0 Å². The van der Waals surface area contributed by atoms with Crippen LogP contribution in [-0.2, 0) is 11.2 Å². The number of amides is 1. The van der Waals surface area contributed by atoms with E-state index in [9.17, 15) is 4.79 Å². The van der Waals surface area contributed by atoms with Crippen LogP contribution >= 0.6 is 0 Å². The third kappa shape index (κ3) is 5.71. The average molecular weight is 293 g/mol. The second kappa shape index (κ2) is 7.98. The number of hydrogen-bond donors (Lipinski definition) is 2. The van der Waals surface area contributed by atoms with Crippen molar-refractivity contribution in [1.82, 2.24) is 10.3 Å². The highest BCUT2D eigenvalue weighted by atomic mass is 16.5. The molecule has 0 aliphatic heterocycles. The lowest BCUT2D eigenvalue weighted by Crippen LogP contribution is -2.40. The summed E-state index contributed by atoms with van der Waals surface area (Å²) in [6.07, 6.45) is 0.796. The summed E-state index contributed by atoms with van der Waals surface area (Å²) < 4.78 is 5.58. The molecule has 0 spiro atoms. The summed E-state index contributed by atoms with van der Waals surface area (Å²) in [7, 11) is 0. The second-order valence-corrected chi connectivity index (χ2v) is 5.49. The van der Waals surface area contributed by atoms with Gasteiger partial charge in [0, 0.05) is 31.0 Å². The molecule has 118 valence electrons. The predicted molar refractivity (Wildman–Crippen MR) is 85.8 cm³/mol. The molecule has 0 radical (unpaired) electrons. The van der Waals surface area contributed by atoms with Crippen molar-refractivity contribution >= 4 is 11.7 Å². The van der Waals surface area contributed by atoms with E-state index < -0.39 is 0 Å². The zero-order valence-corrected chi connectivity index (χ0v) is 13.7. The summed E-state index contributed by atoms with van der Waals surface area (Å²) in [4.78, 5) is 16.7. The zero-order chi connectivity index (χ0) is 15.9. The number of pyridine rings is 1. The third-order valence-electron chi connectivity index (χ3n) is 3.07. The molecule has 0 aromatic carbocycles. The van der Waals surface area contributed by atoms with Gasteiger partial charge in [0.1, 0.15) is 5.82 Å². The Morgan fingerprint density at radius 1 is 1.29 bits per heavy atom. The van der Waals surface area contributed by atoms with Gasteiger partial charge in [-0.15, -0.1) is 0 Å². The number of aromatic nitrogens is 1. The van der Waals surface area contributed by atoms with Gasteiger partial charge in [0.15, 0.2) is 0 Å². The highest BCUT2D eigenvalue weighted by Gasteiger charge is 2.19. The van der Waals surface area contributed by atoms with Gasteiger partial charge >= 0.3 is 0 Å². The molecule has 1 heterocycles. The van der Waals surface area contributed by atoms with E-state index in [1.165, 1.54) is 0 Å². The maximum atomic E-state index is 12.3. The SMILES string of the molecule is CCNc1cc(C(=O)NCC(C)(C)OCC)cc(CC)n1. The molecular weight excluding hydrogens is 266 g/mol. The van der Waals surface area contributed by atoms with E-state index in [0.29, 0.717) is 18.7 Å². The minimum absolute atomic E-state index is 0.0981. The molecule has 0 bridgehead atoms. The Labute approximate surface area is 127 Å². The molecule has 0 unspecified atom stereocenters. The summed E-state index contributed by atoms with van der Waals surface area (Å²) >= 11 is 0. The van der Waals surface area contributed by atoms with Gasteiger partial charge in [0.25, 0.3) is 5.91 Å². The van der Waals surface area contributed by atoms with Crippen LogP contribution in [0.2, 0.25) is 0 Å². The number of hydrogen-bond acceptors (Lipinski definition) is 4. The quantitative estimate of drug-likeness (QED) is 0.773. The van der Waals surface area contributed by atoms with E-state index in [4.69, 9.17) is 4.74 Å². The molecule has 0 atom stereocenters. The number of aryl methyl sites for hydroxylation is 1. The zero-order valence-electron chi connectivity index (χ0n) is 13.7. The monoisotopic (exact) mass is 293 g/mol. The Balaban J connectivity index is 2.79. The largest absolute Gasteiger partial charge is 0.374 e. The van der Waals surface area contributed by atoms with Crippen LogP contribution in [0.4, 0.5) is 5.82 Å². The highest BCUT2D eigenvalue weighted by molar-refractivity contribution is 5.95. The maximum Gasteiger partial charge on any atom is 0.251 e. The van der Waals surface area contributed by atoms with Gasteiger partial charge in [0.2, 0.25) is 0 Å². The minimum atomic E-state index is -0.366. The van der Waals surface area contributed by atoms with Crippen molar-refractivity contribution in [2.75, 3.05) is 25.0 Å². The van der Waals surface area contributed by atoms with Crippen LogP contribution in [0.15, 0.2) is 12.1 Å². The van der Waals surface area contributed by atoms with Crippen LogP contribution in [-0.4, -0.2) is 36.2 Å². The maximum absolute atomic E-state index is 12.3. The Hall–Kier alpha value is -1.62. The van der Waals surface area contributed by atoms with Gasteiger partial charge in [-0.2, -0.15) is 0 Å². The fourth-order valence-corrected chi connectivity index (χ4v) is 2.01. The molecule has 0 saturated heterocycles. The van der Waals surface area contributed by atoms with E-state index in [0.717, 1.165) is 24.5 Å². The lowest BCUT2D eigenvalue weighted by Gasteiger charge is -2.25. The van der Waals surface area contributed by atoms with Gasteiger partial charge in [-0.1, -0.05) is 6.92 Å². The summed E-state index contributed by atoms with van der Waals surface area (Å²) in [5.74, 6) is 0.644. The number of ether oxygens (including phenoxy) is 1. The molecule has 1 aromatic rings. The molecular formula is C16H27N3O2. The van der Waals surface area contributed by atoms with Crippen LogP contribution in [0.1, 0.15) is 50.7 Å². The molecule has 5 heteroatoms. The first-order valence-corrected chi connectivity index (χ1v) is 7.58. The standard InChI is InChI=1S/C16H27N3O2/c1-6-13-9-12(10-14(19-13)17-7-2)15(20)18-11-16(4,5)21-8-3/h9-10H,6-8,11H2,1-5H3,(H,17,19)(H,18,20). The molecule has 5 nitrogen and oxygen atoms in total. The van der Waals surface area contributed by atoms with E-state index in [2.05, 4.69) is 15.6 Å². The van der Waals surface area contributed by atoms with E-state index in [1.54, 1.807) is 6.07 Å². The summed E-state index contributed by atoms with van der Waals surface area (Å²) in [6.45, 7) is 11.8. The van der Waals surface area contributed by atoms with Gasteiger partial charge < -0.3 is 15.4 Å². The summed E-state index contributed by atoms with van der Waals surface area (Å²) in [5.41, 5.74) is 1.17. The Bertz CT molecular complexity index is 473. The van der Waals surface area contributed by atoms with E-state index >= 15 is 0 Å². The lowest BCUT2D eigenvalue weighted by atomic mass is 10.1. The Morgan fingerprint density at radius 2 is 2.00 bits per heavy atom. The van der Waals surface area contributed by atoms with Gasteiger partial charge in [-0.05, 0) is 46.2 Å². The second-order valence-electron chi connectivity index (χ2n) is 5.49. The van der Waals surface area contributed by atoms with Crippen molar-refractivity contribution in [3.63, 3.8) is 0 Å². The fourth-order valence-electron chi connectivity index (χ4n) is 2.01. The first kappa shape index (κ1) is 17.4. The Morgan fingerprint density at radius 3 is 2.57 bits per heavy atom. The van der Waals surface area contributed by atoms with Crippen LogP contribution < -0.4 is 10.6 Å². The number of rotatable bonds is 8. The predicted octanol–water partition coefficient (Wildman–Crippen LogP) is 2.62. The highest BCUT2D eigenvalue weighted by Crippen LogP contribution is 2.12. The van der Waals surface area contributed by atoms with Crippen LogP contribution in [0.5, 0.6) is 0 Å². The van der Waals surface area contributed by atoms with Crippen molar-refractivity contribution in [3.05, 3.63) is 23.4 Å². The number of carbonyl (C=O) groups is 1. The topological polar surface area (TPSA) is 63.2 Å². The molecule has 1 amide bonds.